The Morgan fingerprint density at radius 1 is 0.938 bits per heavy atom. The lowest BCUT2D eigenvalue weighted by molar-refractivity contribution is -0.110. The molecular weight excluding hydrogens is 200 g/mol. The summed E-state index contributed by atoms with van der Waals surface area (Å²) in [7, 11) is 0. The maximum absolute atomic E-state index is 5.79. The molecule has 0 aliphatic rings. The van der Waals surface area contributed by atoms with Gasteiger partial charge in [-0.25, -0.2) is 0 Å². The van der Waals surface area contributed by atoms with Gasteiger partial charge in [-0.1, -0.05) is 18.2 Å². The Bertz CT molecular complexity index is 350. The molecule has 1 aromatic rings. The number of ether oxygens (including phenoxy) is 1. The van der Waals surface area contributed by atoms with Crippen LogP contribution in [0.4, 0.5) is 5.69 Å². The first-order valence-corrected chi connectivity index (χ1v) is 5.47. The topological polar surface area (TPSA) is 34.0 Å². The smallest absolute Gasteiger partial charge is 0.174 e. The van der Waals surface area contributed by atoms with Crippen molar-refractivity contribution in [1.29, 1.82) is 0 Å². The fraction of sp³-hybridized carbons (Fsp3) is 0.538. The highest BCUT2D eigenvalue weighted by atomic mass is 16.5. The van der Waals surface area contributed by atoms with Gasteiger partial charge in [-0.3, -0.25) is 0 Å². The van der Waals surface area contributed by atoms with Gasteiger partial charge in [-0.2, -0.15) is 10.2 Å². The Hall–Kier alpha value is -1.22. The second-order valence-corrected chi connectivity index (χ2v) is 5.20. The Morgan fingerprint density at radius 3 is 2.00 bits per heavy atom. The highest BCUT2D eigenvalue weighted by molar-refractivity contribution is 5.34. The largest absolute Gasteiger partial charge is 0.347 e. The Labute approximate surface area is 97.5 Å². The molecule has 0 atom stereocenters. The molecule has 88 valence electrons. The minimum Gasteiger partial charge on any atom is -0.347 e. The van der Waals surface area contributed by atoms with Gasteiger partial charge in [0.15, 0.2) is 5.72 Å². The Kier molecular flexibility index (Phi) is 3.81. The summed E-state index contributed by atoms with van der Waals surface area (Å²) in [6.45, 7) is 9.84. The molecule has 3 nitrogen and oxygen atoms in total. The number of hydrogen-bond acceptors (Lipinski definition) is 3. The Morgan fingerprint density at radius 2 is 1.50 bits per heavy atom. The average molecular weight is 220 g/mol. The van der Waals surface area contributed by atoms with E-state index in [2.05, 4.69) is 10.2 Å². The predicted octanol–water partition coefficient (Wildman–Crippen LogP) is 4.32. The van der Waals surface area contributed by atoms with Gasteiger partial charge >= 0.3 is 0 Å². The molecule has 0 fully saturated rings. The second kappa shape index (κ2) is 4.74. The van der Waals surface area contributed by atoms with Crippen LogP contribution in [0.2, 0.25) is 0 Å². The summed E-state index contributed by atoms with van der Waals surface area (Å²) in [4.78, 5) is 0. The minimum absolute atomic E-state index is 0.223. The first kappa shape index (κ1) is 12.8. The van der Waals surface area contributed by atoms with Crippen molar-refractivity contribution in [3.63, 3.8) is 0 Å². The van der Waals surface area contributed by atoms with Gasteiger partial charge in [-0.15, -0.1) is 0 Å². The van der Waals surface area contributed by atoms with Gasteiger partial charge in [-0.05, 0) is 46.8 Å². The third kappa shape index (κ3) is 5.03. The lowest BCUT2D eigenvalue weighted by atomic mass is 10.1. The molecular formula is C13H20N2O. The van der Waals surface area contributed by atoms with E-state index in [1.165, 1.54) is 0 Å². The molecule has 0 aromatic heterocycles. The van der Waals surface area contributed by atoms with E-state index in [1.807, 2.05) is 65.0 Å². The van der Waals surface area contributed by atoms with Crippen molar-refractivity contribution < 1.29 is 4.74 Å². The van der Waals surface area contributed by atoms with Gasteiger partial charge in [0.05, 0.1) is 11.3 Å². The molecule has 3 heteroatoms. The molecule has 0 spiro atoms. The van der Waals surface area contributed by atoms with Crippen molar-refractivity contribution in [3.8, 4) is 0 Å². The van der Waals surface area contributed by atoms with Crippen molar-refractivity contribution >= 4 is 5.69 Å². The van der Waals surface area contributed by atoms with E-state index in [0.717, 1.165) is 5.69 Å². The number of azo groups is 1. The standard InChI is InChI=1S/C13H20N2O/c1-12(2,3)16-13(4,5)15-14-11-9-7-6-8-10-11/h6-10H,1-5H3. The number of hydrogen-bond donors (Lipinski definition) is 0. The van der Waals surface area contributed by atoms with Gasteiger partial charge in [0.2, 0.25) is 0 Å². The van der Waals surface area contributed by atoms with Crippen LogP contribution < -0.4 is 0 Å². The zero-order valence-electron chi connectivity index (χ0n) is 10.7. The highest BCUT2D eigenvalue weighted by Crippen LogP contribution is 2.23. The van der Waals surface area contributed by atoms with E-state index in [-0.39, 0.29) is 5.60 Å². The molecule has 0 heterocycles. The summed E-state index contributed by atoms with van der Waals surface area (Å²) in [5.74, 6) is 0. The maximum atomic E-state index is 5.79. The minimum atomic E-state index is -0.603. The molecule has 16 heavy (non-hydrogen) atoms. The first-order valence-electron chi connectivity index (χ1n) is 5.47. The quantitative estimate of drug-likeness (QED) is 0.698. The van der Waals surface area contributed by atoms with Crippen molar-refractivity contribution in [1.82, 2.24) is 0 Å². The van der Waals surface area contributed by atoms with Crippen LogP contribution in [0.25, 0.3) is 0 Å². The van der Waals surface area contributed by atoms with Crippen LogP contribution >= 0.6 is 0 Å². The van der Waals surface area contributed by atoms with Gasteiger partial charge in [0.25, 0.3) is 0 Å². The van der Waals surface area contributed by atoms with Crippen molar-refractivity contribution in [3.05, 3.63) is 30.3 Å². The van der Waals surface area contributed by atoms with Crippen molar-refractivity contribution in [2.24, 2.45) is 10.2 Å². The fourth-order valence-corrected chi connectivity index (χ4v) is 1.44. The predicted molar refractivity (Wildman–Crippen MR) is 65.9 cm³/mol. The van der Waals surface area contributed by atoms with E-state index >= 15 is 0 Å². The summed E-state index contributed by atoms with van der Waals surface area (Å²) in [5.41, 5.74) is 0.0147. The van der Waals surface area contributed by atoms with E-state index in [1.54, 1.807) is 0 Å². The summed E-state index contributed by atoms with van der Waals surface area (Å²) in [5, 5.41) is 8.38. The molecule has 0 aliphatic carbocycles. The van der Waals surface area contributed by atoms with Crippen molar-refractivity contribution in [2.45, 2.75) is 45.9 Å². The van der Waals surface area contributed by atoms with E-state index in [0.29, 0.717) is 0 Å². The normalized spacial score (nSPS) is 13.3. The van der Waals surface area contributed by atoms with Crippen LogP contribution in [-0.4, -0.2) is 11.3 Å². The number of rotatable bonds is 3. The summed E-state index contributed by atoms with van der Waals surface area (Å²) in [6, 6.07) is 9.65. The van der Waals surface area contributed by atoms with Crippen LogP contribution in [-0.2, 0) is 4.74 Å². The molecule has 1 rings (SSSR count). The average Bonchev–Trinajstić information content (AvgIpc) is 2.13. The van der Waals surface area contributed by atoms with Gasteiger partial charge < -0.3 is 4.74 Å². The molecule has 0 saturated carbocycles. The lowest BCUT2D eigenvalue weighted by Crippen LogP contribution is -2.32. The summed E-state index contributed by atoms with van der Waals surface area (Å²) >= 11 is 0. The Balaban J connectivity index is 2.69. The second-order valence-electron chi connectivity index (χ2n) is 5.20. The first-order chi connectivity index (χ1) is 7.29. The fourth-order valence-electron chi connectivity index (χ4n) is 1.44. The molecule has 0 unspecified atom stereocenters. The molecule has 0 bridgehead atoms. The van der Waals surface area contributed by atoms with Gasteiger partial charge in [0, 0.05) is 0 Å². The zero-order valence-corrected chi connectivity index (χ0v) is 10.7. The molecule has 0 N–H and O–H groups in total. The van der Waals surface area contributed by atoms with Gasteiger partial charge in [0.1, 0.15) is 0 Å². The number of benzene rings is 1. The van der Waals surface area contributed by atoms with Crippen LogP contribution in [0, 0.1) is 0 Å². The van der Waals surface area contributed by atoms with Crippen LogP contribution in [0.1, 0.15) is 34.6 Å². The lowest BCUT2D eigenvalue weighted by Gasteiger charge is -2.29. The molecule has 1 aromatic carbocycles. The third-order valence-electron chi connectivity index (χ3n) is 1.72. The highest BCUT2D eigenvalue weighted by Gasteiger charge is 2.25. The third-order valence-corrected chi connectivity index (χ3v) is 1.72. The van der Waals surface area contributed by atoms with Crippen LogP contribution in [0.3, 0.4) is 0 Å². The molecule has 0 radical (unpaired) electrons. The summed E-state index contributed by atoms with van der Waals surface area (Å²) in [6.07, 6.45) is 0. The molecule has 0 saturated heterocycles. The van der Waals surface area contributed by atoms with E-state index in [4.69, 9.17) is 4.74 Å². The summed E-state index contributed by atoms with van der Waals surface area (Å²) < 4.78 is 5.79. The van der Waals surface area contributed by atoms with E-state index < -0.39 is 5.72 Å². The SMILES string of the molecule is CC(C)(C)OC(C)(C)N=Nc1ccccc1. The number of nitrogens with zero attached hydrogens (tertiary/aromatic N) is 2. The zero-order chi connectivity index (χ0) is 12.2. The van der Waals surface area contributed by atoms with Crippen LogP contribution in [0.5, 0.6) is 0 Å². The molecule has 0 amide bonds. The molecule has 0 aliphatic heterocycles. The maximum Gasteiger partial charge on any atom is 0.174 e. The van der Waals surface area contributed by atoms with Crippen LogP contribution in [0.15, 0.2) is 40.6 Å². The van der Waals surface area contributed by atoms with Crippen molar-refractivity contribution in [2.75, 3.05) is 0 Å². The van der Waals surface area contributed by atoms with E-state index in [9.17, 15) is 0 Å². The monoisotopic (exact) mass is 220 g/mol.